The highest BCUT2D eigenvalue weighted by Gasteiger charge is 1.97. The maximum Gasteiger partial charge on any atom is 0.308 e. The molecule has 0 atom stereocenters. The van der Waals surface area contributed by atoms with Crippen LogP contribution >= 0.6 is 0 Å². The molecule has 0 N–H and O–H groups in total. The van der Waals surface area contributed by atoms with Crippen LogP contribution in [-0.2, 0) is 11.2 Å². The van der Waals surface area contributed by atoms with Crippen molar-refractivity contribution < 1.29 is 9.53 Å². The van der Waals surface area contributed by atoms with Crippen molar-refractivity contribution >= 4 is 5.97 Å². The van der Waals surface area contributed by atoms with Crippen LogP contribution in [0.25, 0.3) is 0 Å². The number of hydrogen-bond donors (Lipinski definition) is 0. The standard InChI is InChI=1S/C13H16O2/c1-10(2)4-5-12-6-8-13(9-7-12)15-11(3)14/h4,6-9H,5H2,1-3H3. The summed E-state index contributed by atoms with van der Waals surface area (Å²) in [6.45, 7) is 5.55. The highest BCUT2D eigenvalue weighted by Crippen LogP contribution is 2.13. The average Bonchev–Trinajstić information content (AvgIpc) is 2.16. The Balaban J connectivity index is 2.64. The molecule has 1 aromatic carbocycles. The first kappa shape index (κ1) is 11.5. The molecule has 1 aromatic rings. The van der Waals surface area contributed by atoms with E-state index in [4.69, 9.17) is 4.74 Å². The number of rotatable bonds is 3. The van der Waals surface area contributed by atoms with Crippen LogP contribution < -0.4 is 4.74 Å². The predicted molar refractivity (Wildman–Crippen MR) is 60.9 cm³/mol. The average molecular weight is 204 g/mol. The molecule has 0 aliphatic heterocycles. The summed E-state index contributed by atoms with van der Waals surface area (Å²) in [4.78, 5) is 10.7. The molecule has 0 aromatic heterocycles. The molecule has 0 saturated carbocycles. The number of carbonyl (C=O) groups is 1. The van der Waals surface area contributed by atoms with Gasteiger partial charge in [0.15, 0.2) is 0 Å². The summed E-state index contributed by atoms with van der Waals surface area (Å²) in [5.74, 6) is 0.315. The number of carbonyl (C=O) groups excluding carboxylic acids is 1. The lowest BCUT2D eigenvalue weighted by atomic mass is 10.1. The van der Waals surface area contributed by atoms with E-state index in [9.17, 15) is 4.79 Å². The van der Waals surface area contributed by atoms with Gasteiger partial charge in [-0.2, -0.15) is 0 Å². The van der Waals surface area contributed by atoms with Crippen LogP contribution in [0.4, 0.5) is 0 Å². The monoisotopic (exact) mass is 204 g/mol. The molecule has 0 saturated heterocycles. The Morgan fingerprint density at radius 2 is 1.80 bits per heavy atom. The van der Waals surface area contributed by atoms with Gasteiger partial charge in [-0.25, -0.2) is 0 Å². The highest BCUT2D eigenvalue weighted by atomic mass is 16.5. The fraction of sp³-hybridized carbons (Fsp3) is 0.308. The minimum atomic E-state index is -0.285. The maximum absolute atomic E-state index is 10.7. The number of esters is 1. The van der Waals surface area contributed by atoms with Gasteiger partial charge in [-0.3, -0.25) is 4.79 Å². The Morgan fingerprint density at radius 3 is 2.27 bits per heavy atom. The number of allylic oxidation sites excluding steroid dienone is 2. The third-order valence-electron chi connectivity index (χ3n) is 1.93. The molecule has 2 nitrogen and oxygen atoms in total. The molecular formula is C13H16O2. The summed E-state index contributed by atoms with van der Waals surface area (Å²) in [6.07, 6.45) is 3.09. The second kappa shape index (κ2) is 5.35. The molecule has 0 amide bonds. The molecule has 0 unspecified atom stereocenters. The summed E-state index contributed by atoms with van der Waals surface area (Å²) in [5, 5.41) is 0. The highest BCUT2D eigenvalue weighted by molar-refractivity contribution is 5.69. The first-order valence-corrected chi connectivity index (χ1v) is 4.98. The van der Waals surface area contributed by atoms with Crippen molar-refractivity contribution in [2.75, 3.05) is 0 Å². The van der Waals surface area contributed by atoms with Crippen LogP contribution in [0.5, 0.6) is 5.75 Å². The molecule has 1 rings (SSSR count). The Hall–Kier alpha value is -1.57. The van der Waals surface area contributed by atoms with Gasteiger partial charge >= 0.3 is 5.97 Å². The lowest BCUT2D eigenvalue weighted by molar-refractivity contribution is -0.131. The Morgan fingerprint density at radius 1 is 1.20 bits per heavy atom. The SMILES string of the molecule is CC(=O)Oc1ccc(CC=C(C)C)cc1. The Labute approximate surface area is 90.6 Å². The van der Waals surface area contributed by atoms with Gasteiger partial charge in [-0.15, -0.1) is 0 Å². The van der Waals surface area contributed by atoms with Crippen molar-refractivity contribution in [3.8, 4) is 5.75 Å². The van der Waals surface area contributed by atoms with Gasteiger partial charge in [0.2, 0.25) is 0 Å². The summed E-state index contributed by atoms with van der Waals surface area (Å²) < 4.78 is 4.94. The first-order chi connectivity index (χ1) is 7.08. The molecule has 2 heteroatoms. The molecule has 80 valence electrons. The van der Waals surface area contributed by atoms with Crippen LogP contribution in [0, 0.1) is 0 Å². The molecule has 0 spiro atoms. The van der Waals surface area contributed by atoms with Gasteiger partial charge in [0.05, 0.1) is 0 Å². The zero-order valence-electron chi connectivity index (χ0n) is 9.41. The quantitative estimate of drug-likeness (QED) is 0.429. The smallest absolute Gasteiger partial charge is 0.308 e. The summed E-state index contributed by atoms with van der Waals surface area (Å²) in [6, 6.07) is 7.57. The van der Waals surface area contributed by atoms with Gasteiger partial charge in [0.1, 0.15) is 5.75 Å². The van der Waals surface area contributed by atoms with Gasteiger partial charge in [0.25, 0.3) is 0 Å². The molecule has 0 heterocycles. The molecule has 0 fully saturated rings. The number of ether oxygens (including phenoxy) is 1. The van der Waals surface area contributed by atoms with E-state index >= 15 is 0 Å². The lowest BCUT2D eigenvalue weighted by Crippen LogP contribution is -2.00. The second-order valence-corrected chi connectivity index (χ2v) is 3.72. The van der Waals surface area contributed by atoms with Gasteiger partial charge < -0.3 is 4.74 Å². The van der Waals surface area contributed by atoms with Crippen molar-refractivity contribution in [1.29, 1.82) is 0 Å². The topological polar surface area (TPSA) is 26.3 Å². The summed E-state index contributed by atoms with van der Waals surface area (Å²) in [5.41, 5.74) is 2.52. The van der Waals surface area contributed by atoms with Gasteiger partial charge in [0, 0.05) is 6.92 Å². The van der Waals surface area contributed by atoms with Crippen LogP contribution in [-0.4, -0.2) is 5.97 Å². The first-order valence-electron chi connectivity index (χ1n) is 4.98. The molecule has 15 heavy (non-hydrogen) atoms. The van der Waals surface area contributed by atoms with E-state index < -0.39 is 0 Å². The van der Waals surface area contributed by atoms with Crippen LogP contribution in [0.3, 0.4) is 0 Å². The van der Waals surface area contributed by atoms with Crippen LogP contribution in [0.15, 0.2) is 35.9 Å². The van der Waals surface area contributed by atoms with Crippen molar-refractivity contribution in [2.24, 2.45) is 0 Å². The fourth-order valence-electron chi connectivity index (χ4n) is 1.18. The molecule has 0 aliphatic carbocycles. The van der Waals surface area contributed by atoms with Crippen LogP contribution in [0.2, 0.25) is 0 Å². The van der Waals surface area contributed by atoms with Gasteiger partial charge in [-0.1, -0.05) is 23.8 Å². The van der Waals surface area contributed by atoms with E-state index in [0.29, 0.717) is 5.75 Å². The van der Waals surface area contributed by atoms with E-state index in [0.717, 1.165) is 6.42 Å². The minimum absolute atomic E-state index is 0.285. The van der Waals surface area contributed by atoms with Crippen molar-refractivity contribution in [3.63, 3.8) is 0 Å². The lowest BCUT2D eigenvalue weighted by Gasteiger charge is -2.02. The third-order valence-corrected chi connectivity index (χ3v) is 1.93. The largest absolute Gasteiger partial charge is 0.427 e. The van der Waals surface area contributed by atoms with Crippen molar-refractivity contribution in [1.82, 2.24) is 0 Å². The normalized spacial score (nSPS) is 9.53. The summed E-state index contributed by atoms with van der Waals surface area (Å²) >= 11 is 0. The van der Waals surface area contributed by atoms with Crippen molar-refractivity contribution in [3.05, 3.63) is 41.5 Å². The van der Waals surface area contributed by atoms with Crippen molar-refractivity contribution in [2.45, 2.75) is 27.2 Å². The molecule has 0 aliphatic rings. The zero-order chi connectivity index (χ0) is 11.3. The Bertz CT molecular complexity index is 357. The molecule has 0 radical (unpaired) electrons. The van der Waals surface area contributed by atoms with E-state index in [1.54, 1.807) is 0 Å². The number of benzene rings is 1. The maximum atomic E-state index is 10.7. The Kier molecular flexibility index (Phi) is 4.10. The van der Waals surface area contributed by atoms with Crippen LogP contribution in [0.1, 0.15) is 26.3 Å². The molecular weight excluding hydrogens is 188 g/mol. The van der Waals surface area contributed by atoms with E-state index in [-0.39, 0.29) is 5.97 Å². The summed E-state index contributed by atoms with van der Waals surface area (Å²) in [7, 11) is 0. The number of hydrogen-bond acceptors (Lipinski definition) is 2. The molecule has 0 bridgehead atoms. The van der Waals surface area contributed by atoms with E-state index in [1.165, 1.54) is 18.1 Å². The minimum Gasteiger partial charge on any atom is -0.427 e. The predicted octanol–water partition coefficient (Wildman–Crippen LogP) is 3.12. The van der Waals surface area contributed by atoms with E-state index in [2.05, 4.69) is 19.9 Å². The van der Waals surface area contributed by atoms with E-state index in [1.807, 2.05) is 24.3 Å². The fourth-order valence-corrected chi connectivity index (χ4v) is 1.18. The third kappa shape index (κ3) is 4.45. The van der Waals surface area contributed by atoms with Gasteiger partial charge in [-0.05, 0) is 38.0 Å². The zero-order valence-corrected chi connectivity index (χ0v) is 9.41. The second-order valence-electron chi connectivity index (χ2n) is 3.72.